The van der Waals surface area contributed by atoms with Gasteiger partial charge in [0.1, 0.15) is 4.99 Å². The SMILES string of the molecule is COc1cc(/C=C/C(=S)N(C)C)cc(OC)c1OC. The summed E-state index contributed by atoms with van der Waals surface area (Å²) in [6.45, 7) is 0. The zero-order chi connectivity index (χ0) is 14.4. The Labute approximate surface area is 119 Å². The zero-order valence-electron chi connectivity index (χ0n) is 11.9. The summed E-state index contributed by atoms with van der Waals surface area (Å²) in [6, 6.07) is 3.74. The molecule has 0 fully saturated rings. The minimum atomic E-state index is 0.581. The van der Waals surface area contributed by atoms with Crippen molar-refractivity contribution in [1.29, 1.82) is 0 Å². The Morgan fingerprint density at radius 2 is 1.58 bits per heavy atom. The third kappa shape index (κ3) is 3.86. The van der Waals surface area contributed by atoms with Gasteiger partial charge < -0.3 is 19.1 Å². The van der Waals surface area contributed by atoms with Crippen LogP contribution in [0.15, 0.2) is 18.2 Å². The summed E-state index contributed by atoms with van der Waals surface area (Å²) in [4.78, 5) is 2.61. The van der Waals surface area contributed by atoms with Crippen LogP contribution in [0.3, 0.4) is 0 Å². The van der Waals surface area contributed by atoms with Crippen molar-refractivity contribution in [3.05, 3.63) is 23.8 Å². The van der Waals surface area contributed by atoms with Crippen molar-refractivity contribution in [2.75, 3.05) is 35.4 Å². The average Bonchev–Trinajstić information content (AvgIpc) is 2.42. The van der Waals surface area contributed by atoms with E-state index in [1.54, 1.807) is 21.3 Å². The summed E-state index contributed by atoms with van der Waals surface area (Å²) in [5, 5.41) is 0. The van der Waals surface area contributed by atoms with E-state index < -0.39 is 0 Å². The summed E-state index contributed by atoms with van der Waals surface area (Å²) in [5.74, 6) is 1.83. The van der Waals surface area contributed by atoms with Gasteiger partial charge >= 0.3 is 0 Å². The number of rotatable bonds is 5. The van der Waals surface area contributed by atoms with E-state index in [1.165, 1.54) is 0 Å². The lowest BCUT2D eigenvalue weighted by molar-refractivity contribution is 0.324. The third-order valence-electron chi connectivity index (χ3n) is 2.55. The molecule has 1 rings (SSSR count). The maximum absolute atomic E-state index is 5.29. The van der Waals surface area contributed by atoms with Crippen molar-refractivity contribution in [2.24, 2.45) is 0 Å². The third-order valence-corrected chi connectivity index (χ3v) is 3.05. The molecule has 0 aromatic heterocycles. The molecular formula is C14H19NO3S. The molecule has 0 saturated carbocycles. The molecule has 0 atom stereocenters. The molecule has 5 heteroatoms. The fourth-order valence-corrected chi connectivity index (χ4v) is 1.58. The van der Waals surface area contributed by atoms with Crippen LogP contribution >= 0.6 is 12.2 Å². The topological polar surface area (TPSA) is 30.9 Å². The van der Waals surface area contributed by atoms with Gasteiger partial charge in [0, 0.05) is 14.1 Å². The first-order valence-corrected chi connectivity index (χ1v) is 6.13. The Morgan fingerprint density at radius 3 is 1.95 bits per heavy atom. The minimum Gasteiger partial charge on any atom is -0.493 e. The highest BCUT2D eigenvalue weighted by Crippen LogP contribution is 2.38. The fraction of sp³-hybridized carbons (Fsp3) is 0.357. The van der Waals surface area contributed by atoms with Crippen molar-refractivity contribution >= 4 is 23.3 Å². The number of ether oxygens (including phenoxy) is 3. The van der Waals surface area contributed by atoms with Gasteiger partial charge in [0.05, 0.1) is 21.3 Å². The number of benzene rings is 1. The Balaban J connectivity index is 3.13. The second kappa shape index (κ2) is 6.99. The molecule has 0 aliphatic carbocycles. The first kappa shape index (κ1) is 15.3. The summed E-state index contributed by atoms with van der Waals surface area (Å²) < 4.78 is 15.9. The second-order valence-corrected chi connectivity index (χ2v) is 4.44. The van der Waals surface area contributed by atoms with Crippen LogP contribution in [0.25, 0.3) is 6.08 Å². The number of likely N-dealkylation sites (N-methyl/N-ethyl adjacent to an activating group) is 1. The highest BCUT2D eigenvalue weighted by Gasteiger charge is 2.11. The molecule has 0 N–H and O–H groups in total. The Bertz CT molecular complexity index is 459. The molecule has 0 aliphatic rings. The largest absolute Gasteiger partial charge is 0.493 e. The van der Waals surface area contributed by atoms with Gasteiger partial charge in [-0.1, -0.05) is 18.3 Å². The number of nitrogens with zero attached hydrogens (tertiary/aromatic N) is 1. The van der Waals surface area contributed by atoms with E-state index in [9.17, 15) is 0 Å². The smallest absolute Gasteiger partial charge is 0.203 e. The number of methoxy groups -OCH3 is 3. The van der Waals surface area contributed by atoms with E-state index in [0.29, 0.717) is 17.2 Å². The van der Waals surface area contributed by atoms with Gasteiger partial charge in [0.25, 0.3) is 0 Å². The van der Waals surface area contributed by atoms with Crippen molar-refractivity contribution in [3.63, 3.8) is 0 Å². The van der Waals surface area contributed by atoms with Crippen LogP contribution in [-0.2, 0) is 0 Å². The van der Waals surface area contributed by atoms with Crippen molar-refractivity contribution in [2.45, 2.75) is 0 Å². The lowest BCUT2D eigenvalue weighted by Gasteiger charge is -2.13. The maximum Gasteiger partial charge on any atom is 0.203 e. The summed E-state index contributed by atoms with van der Waals surface area (Å²) in [6.07, 6.45) is 3.77. The highest BCUT2D eigenvalue weighted by atomic mass is 32.1. The number of hydrogen-bond donors (Lipinski definition) is 0. The average molecular weight is 281 g/mol. The molecule has 0 bridgehead atoms. The van der Waals surface area contributed by atoms with Crippen LogP contribution in [0.4, 0.5) is 0 Å². The normalized spacial score (nSPS) is 10.4. The van der Waals surface area contributed by atoms with E-state index in [0.717, 1.165) is 10.6 Å². The van der Waals surface area contributed by atoms with Crippen LogP contribution < -0.4 is 14.2 Å². The van der Waals surface area contributed by atoms with Crippen molar-refractivity contribution < 1.29 is 14.2 Å². The standard InChI is InChI=1S/C14H19NO3S/c1-15(2)13(19)7-6-10-8-11(16-3)14(18-5)12(9-10)17-4/h6-9H,1-5H3/b7-6+. The zero-order valence-corrected chi connectivity index (χ0v) is 12.7. The predicted octanol–water partition coefficient (Wildman–Crippen LogP) is 2.61. The molecule has 0 unspecified atom stereocenters. The maximum atomic E-state index is 5.29. The highest BCUT2D eigenvalue weighted by molar-refractivity contribution is 7.80. The van der Waals surface area contributed by atoms with Crippen LogP contribution in [0.2, 0.25) is 0 Å². The van der Waals surface area contributed by atoms with Crippen LogP contribution in [0.1, 0.15) is 5.56 Å². The minimum absolute atomic E-state index is 0.581. The van der Waals surface area contributed by atoms with Gasteiger partial charge in [-0.25, -0.2) is 0 Å². The lowest BCUT2D eigenvalue weighted by Crippen LogP contribution is -2.16. The van der Waals surface area contributed by atoms with E-state index in [1.807, 2.05) is 43.3 Å². The molecule has 0 radical (unpaired) electrons. The quantitative estimate of drug-likeness (QED) is 0.611. The number of hydrogen-bond acceptors (Lipinski definition) is 4. The Kier molecular flexibility index (Phi) is 5.63. The van der Waals surface area contributed by atoms with Gasteiger partial charge in [0.15, 0.2) is 11.5 Å². The summed E-state index contributed by atoms with van der Waals surface area (Å²) >= 11 is 5.20. The molecule has 0 aliphatic heterocycles. The van der Waals surface area contributed by atoms with E-state index in [-0.39, 0.29) is 0 Å². The molecule has 104 valence electrons. The van der Waals surface area contributed by atoms with Gasteiger partial charge in [-0.15, -0.1) is 0 Å². The second-order valence-electron chi connectivity index (χ2n) is 4.02. The fourth-order valence-electron chi connectivity index (χ4n) is 1.51. The number of thiocarbonyl (C=S) groups is 1. The molecule has 1 aromatic rings. The molecular weight excluding hydrogens is 262 g/mol. The van der Waals surface area contributed by atoms with Crippen LogP contribution in [-0.4, -0.2) is 45.3 Å². The van der Waals surface area contributed by atoms with Gasteiger partial charge in [-0.05, 0) is 23.8 Å². The molecule has 0 saturated heterocycles. The van der Waals surface area contributed by atoms with Crippen LogP contribution in [0, 0.1) is 0 Å². The lowest BCUT2D eigenvalue weighted by atomic mass is 10.1. The first-order chi connectivity index (χ1) is 9.03. The molecule has 0 spiro atoms. The molecule has 4 nitrogen and oxygen atoms in total. The molecule has 1 aromatic carbocycles. The summed E-state index contributed by atoms with van der Waals surface area (Å²) in [5.41, 5.74) is 0.929. The molecule has 19 heavy (non-hydrogen) atoms. The Hall–Kier alpha value is -1.75. The van der Waals surface area contributed by atoms with Crippen LogP contribution in [0.5, 0.6) is 17.2 Å². The predicted molar refractivity (Wildman–Crippen MR) is 81.4 cm³/mol. The van der Waals surface area contributed by atoms with E-state index >= 15 is 0 Å². The van der Waals surface area contributed by atoms with E-state index in [4.69, 9.17) is 26.4 Å². The van der Waals surface area contributed by atoms with Gasteiger partial charge in [-0.2, -0.15) is 0 Å². The monoisotopic (exact) mass is 281 g/mol. The summed E-state index contributed by atoms with van der Waals surface area (Å²) in [7, 11) is 8.57. The molecule has 0 heterocycles. The first-order valence-electron chi connectivity index (χ1n) is 5.72. The van der Waals surface area contributed by atoms with Crippen molar-refractivity contribution in [1.82, 2.24) is 4.90 Å². The van der Waals surface area contributed by atoms with E-state index in [2.05, 4.69) is 0 Å². The van der Waals surface area contributed by atoms with Gasteiger partial charge in [0.2, 0.25) is 5.75 Å². The van der Waals surface area contributed by atoms with Gasteiger partial charge in [-0.3, -0.25) is 0 Å². The van der Waals surface area contributed by atoms with Crippen molar-refractivity contribution in [3.8, 4) is 17.2 Å². The Morgan fingerprint density at radius 1 is 1.05 bits per heavy atom. The molecule has 0 amide bonds.